The van der Waals surface area contributed by atoms with Crippen LogP contribution in [0.5, 0.6) is 0 Å². The lowest BCUT2D eigenvalue weighted by atomic mass is 10.8. The molecular formula is C3H5ClNO2. The Hall–Kier alpha value is -0.440. The maximum atomic E-state index is 9.61. The smallest absolute Gasteiger partial charge is 0.219 e. The Labute approximate surface area is 46.6 Å². The second kappa shape index (κ2) is 2.69. The molecule has 1 amide bonds. The first-order valence-electron chi connectivity index (χ1n) is 1.82. The number of nitrogens with zero attached hydrogens (tertiary/aromatic N) is 1. The van der Waals surface area contributed by atoms with Gasteiger partial charge < -0.3 is 0 Å². The van der Waals surface area contributed by atoms with E-state index in [1.54, 1.807) is 6.92 Å². The van der Waals surface area contributed by atoms with Crippen LogP contribution >= 0.6 is 11.8 Å². The van der Waals surface area contributed by atoms with Crippen molar-refractivity contribution >= 4 is 17.9 Å². The van der Waals surface area contributed by atoms with Crippen molar-refractivity contribution in [1.82, 2.24) is 4.42 Å². The molecule has 1 radical (unpaired) electrons. The molecule has 4 heteroatoms. The van der Waals surface area contributed by atoms with Crippen molar-refractivity contribution in [2.24, 2.45) is 0 Å². The molecule has 0 unspecified atom stereocenters. The first kappa shape index (κ1) is 6.56. The van der Waals surface area contributed by atoms with E-state index in [1.165, 1.54) is 0 Å². The Morgan fingerprint density at radius 3 is 2.29 bits per heavy atom. The minimum Gasteiger partial charge on any atom is -0.219 e. The van der Waals surface area contributed by atoms with Gasteiger partial charge >= 0.3 is 6.09 Å². The Morgan fingerprint density at radius 1 is 1.86 bits per heavy atom. The first-order valence-corrected chi connectivity index (χ1v) is 2.16. The van der Waals surface area contributed by atoms with Gasteiger partial charge in [-0.25, -0.2) is 14.3 Å². The van der Waals surface area contributed by atoms with Crippen molar-refractivity contribution in [2.45, 2.75) is 6.92 Å². The number of halogens is 1. The number of rotatable bonds is 1. The van der Waals surface area contributed by atoms with E-state index >= 15 is 0 Å². The zero-order valence-electron chi connectivity index (χ0n) is 3.85. The summed E-state index contributed by atoms with van der Waals surface area (Å²) in [4.78, 5) is 9.61. The molecule has 0 fully saturated rings. The third-order valence-corrected chi connectivity index (χ3v) is 0.853. The molecule has 0 aromatic carbocycles. The minimum atomic E-state index is -1.36. The highest BCUT2D eigenvalue weighted by molar-refractivity contribution is 6.19. The van der Waals surface area contributed by atoms with Crippen LogP contribution in [0.4, 0.5) is 4.79 Å². The van der Waals surface area contributed by atoms with Crippen molar-refractivity contribution in [3.63, 3.8) is 0 Å². The molecule has 0 rings (SSSR count). The molecule has 0 aromatic heterocycles. The monoisotopic (exact) mass is 122 g/mol. The quantitative estimate of drug-likeness (QED) is 0.479. The summed E-state index contributed by atoms with van der Waals surface area (Å²) < 4.78 is 0.569. The van der Waals surface area contributed by atoms with Gasteiger partial charge in [-0.05, 0) is 6.92 Å². The van der Waals surface area contributed by atoms with Crippen molar-refractivity contribution in [3.8, 4) is 0 Å². The highest BCUT2D eigenvalue weighted by atomic mass is 35.5. The van der Waals surface area contributed by atoms with E-state index in [0.717, 1.165) is 0 Å². The van der Waals surface area contributed by atoms with Gasteiger partial charge in [0.05, 0.1) is 0 Å². The summed E-state index contributed by atoms with van der Waals surface area (Å²) in [7, 11) is 0. The number of hydrogen-bond donors (Lipinski definition) is 0. The van der Waals surface area contributed by atoms with E-state index in [0.29, 0.717) is 4.42 Å². The first-order chi connectivity index (χ1) is 3.18. The normalized spacial score (nSPS) is 8.29. The molecule has 0 aromatic rings. The second-order valence-electron chi connectivity index (χ2n) is 0.944. The van der Waals surface area contributed by atoms with Crippen LogP contribution < -0.4 is 0 Å². The standard InChI is InChI=1S/C3H5ClNO2/c1-2-5(4)3(6)7/h2H2,1H3. The maximum absolute atomic E-state index is 9.61. The molecule has 7 heavy (non-hydrogen) atoms. The molecule has 0 atom stereocenters. The number of amides is 1. The summed E-state index contributed by atoms with van der Waals surface area (Å²) in [5.41, 5.74) is 0. The van der Waals surface area contributed by atoms with Gasteiger partial charge in [0.25, 0.3) is 0 Å². The number of carbonyl (C=O) groups excluding carboxylic acids is 1. The van der Waals surface area contributed by atoms with Gasteiger partial charge in [-0.3, -0.25) is 0 Å². The molecule has 0 saturated heterocycles. The van der Waals surface area contributed by atoms with Crippen LogP contribution in [-0.2, 0) is 5.11 Å². The van der Waals surface area contributed by atoms with E-state index < -0.39 is 6.09 Å². The summed E-state index contributed by atoms with van der Waals surface area (Å²) in [6.07, 6.45) is -1.36. The van der Waals surface area contributed by atoms with Crippen LogP contribution in [0.1, 0.15) is 6.92 Å². The lowest BCUT2D eigenvalue weighted by Crippen LogP contribution is -2.16. The summed E-state index contributed by atoms with van der Waals surface area (Å²) >= 11 is 4.97. The fourth-order valence-electron chi connectivity index (χ4n) is 0.129. The Morgan fingerprint density at radius 2 is 2.29 bits per heavy atom. The number of carbonyl (C=O) groups is 1. The SMILES string of the molecule is CCN(Cl)C([O])=O. The topological polar surface area (TPSA) is 40.2 Å². The predicted octanol–water partition coefficient (Wildman–Crippen LogP) is 1.01. The van der Waals surface area contributed by atoms with E-state index in [4.69, 9.17) is 11.8 Å². The van der Waals surface area contributed by atoms with Crippen LogP contribution in [0.25, 0.3) is 0 Å². The zero-order valence-corrected chi connectivity index (χ0v) is 4.60. The molecule has 0 heterocycles. The van der Waals surface area contributed by atoms with Crippen molar-refractivity contribution in [3.05, 3.63) is 0 Å². The largest absolute Gasteiger partial charge is 0.467 e. The lowest BCUT2D eigenvalue weighted by Gasteiger charge is -1.99. The van der Waals surface area contributed by atoms with Gasteiger partial charge in [0.2, 0.25) is 0 Å². The van der Waals surface area contributed by atoms with Gasteiger partial charge in [-0.1, -0.05) is 0 Å². The molecule has 0 saturated carbocycles. The highest BCUT2D eigenvalue weighted by Crippen LogP contribution is 1.91. The molecule has 0 N–H and O–H groups in total. The third-order valence-electron chi connectivity index (χ3n) is 0.476. The zero-order chi connectivity index (χ0) is 5.86. The Bertz CT molecular complexity index is 75.3. The molecule has 41 valence electrons. The molecule has 0 aliphatic heterocycles. The average Bonchev–Trinajstić information content (AvgIpc) is 1.65. The second-order valence-corrected chi connectivity index (χ2v) is 1.35. The van der Waals surface area contributed by atoms with Crippen molar-refractivity contribution < 1.29 is 9.90 Å². The minimum absolute atomic E-state index is 0.254. The van der Waals surface area contributed by atoms with Crippen LogP contribution in [0, 0.1) is 0 Å². The number of hydrogen-bond acceptors (Lipinski definition) is 1. The Balaban J connectivity index is 3.34. The predicted molar refractivity (Wildman–Crippen MR) is 24.3 cm³/mol. The molecule has 0 spiro atoms. The van der Waals surface area contributed by atoms with E-state index in [9.17, 15) is 9.90 Å². The van der Waals surface area contributed by atoms with Crippen LogP contribution in [0.2, 0.25) is 0 Å². The average molecular weight is 123 g/mol. The van der Waals surface area contributed by atoms with E-state index in [-0.39, 0.29) is 6.54 Å². The fourth-order valence-corrected chi connectivity index (χ4v) is 0.129. The summed E-state index contributed by atoms with van der Waals surface area (Å²) in [5.74, 6) is 0. The van der Waals surface area contributed by atoms with Crippen LogP contribution in [0.15, 0.2) is 0 Å². The maximum Gasteiger partial charge on any atom is 0.467 e. The lowest BCUT2D eigenvalue weighted by molar-refractivity contribution is 0.148. The van der Waals surface area contributed by atoms with Gasteiger partial charge in [0, 0.05) is 18.3 Å². The molecule has 0 aliphatic carbocycles. The van der Waals surface area contributed by atoms with Crippen LogP contribution in [0.3, 0.4) is 0 Å². The van der Waals surface area contributed by atoms with Crippen molar-refractivity contribution in [2.75, 3.05) is 6.54 Å². The third kappa shape index (κ3) is 2.28. The molecular weight excluding hydrogens is 117 g/mol. The van der Waals surface area contributed by atoms with Gasteiger partial charge in [-0.15, -0.1) is 0 Å². The van der Waals surface area contributed by atoms with Gasteiger partial charge in [0.1, 0.15) is 0 Å². The fraction of sp³-hybridized carbons (Fsp3) is 0.667. The molecule has 0 bridgehead atoms. The van der Waals surface area contributed by atoms with Gasteiger partial charge in [-0.2, -0.15) is 0 Å². The molecule has 3 nitrogen and oxygen atoms in total. The van der Waals surface area contributed by atoms with E-state index in [2.05, 4.69) is 0 Å². The highest BCUT2D eigenvalue weighted by Gasteiger charge is 2.04. The summed E-state index contributed by atoms with van der Waals surface area (Å²) in [6, 6.07) is 0. The van der Waals surface area contributed by atoms with E-state index in [1.807, 2.05) is 0 Å². The van der Waals surface area contributed by atoms with Crippen LogP contribution in [-0.4, -0.2) is 17.1 Å². The summed E-state index contributed by atoms with van der Waals surface area (Å²) in [5, 5.41) is 9.61. The molecule has 0 aliphatic rings. The summed E-state index contributed by atoms with van der Waals surface area (Å²) in [6.45, 7) is 1.87. The van der Waals surface area contributed by atoms with Gasteiger partial charge in [0.15, 0.2) is 0 Å². The van der Waals surface area contributed by atoms with Crippen molar-refractivity contribution in [1.29, 1.82) is 0 Å². The Kier molecular flexibility index (Phi) is 2.52.